The zero-order valence-corrected chi connectivity index (χ0v) is 24.9. The van der Waals surface area contributed by atoms with E-state index in [0.29, 0.717) is 58.3 Å². The van der Waals surface area contributed by atoms with Gasteiger partial charge >= 0.3 is 6.18 Å². The molecule has 41 heavy (non-hydrogen) atoms. The van der Waals surface area contributed by atoms with Gasteiger partial charge in [0.1, 0.15) is 21.8 Å². The van der Waals surface area contributed by atoms with Crippen molar-refractivity contribution in [1.82, 2.24) is 24.5 Å². The number of rotatable bonds is 5. The highest BCUT2D eigenvalue weighted by Gasteiger charge is 2.48. The second-order valence-corrected chi connectivity index (χ2v) is 12.4. The van der Waals surface area contributed by atoms with Crippen LogP contribution in [0.2, 0.25) is 0 Å². The molecule has 0 amide bonds. The molecule has 7 rings (SSSR count). The van der Waals surface area contributed by atoms with Crippen LogP contribution in [0.4, 0.5) is 24.7 Å². The fraction of sp³-hybridized carbons (Fsp3) is 0.667. The summed E-state index contributed by atoms with van der Waals surface area (Å²) < 4.78 is 64.7. The van der Waals surface area contributed by atoms with Gasteiger partial charge in [0, 0.05) is 45.0 Å². The van der Waals surface area contributed by atoms with Gasteiger partial charge in [-0.1, -0.05) is 0 Å². The molecule has 10 nitrogen and oxygen atoms in total. The molecule has 3 aromatic rings. The fourth-order valence-corrected chi connectivity index (χ4v) is 7.58. The van der Waals surface area contributed by atoms with Gasteiger partial charge in [-0.2, -0.15) is 28.1 Å². The van der Waals surface area contributed by atoms with Gasteiger partial charge in [0.2, 0.25) is 0 Å². The zero-order valence-electron chi connectivity index (χ0n) is 22.8. The third-order valence-electron chi connectivity index (χ3n) is 8.90. The van der Waals surface area contributed by atoms with Gasteiger partial charge in [-0.05, 0) is 61.1 Å². The molecule has 0 radical (unpaired) electrons. The average Bonchev–Trinajstić information content (AvgIpc) is 3.66. The number of piperidine rings is 1. The lowest BCUT2D eigenvalue weighted by Gasteiger charge is -2.42. The number of alkyl halides is 3. The number of ether oxygens (including phenoxy) is 3. The minimum absolute atomic E-state index is 0.127. The van der Waals surface area contributed by atoms with Crippen LogP contribution in [-0.2, 0) is 14.2 Å². The largest absolute Gasteiger partial charge is 0.408 e. The highest BCUT2D eigenvalue weighted by atomic mass is 127. The number of aromatic nitrogens is 5. The normalized spacial score (nSPS) is 29.0. The summed E-state index contributed by atoms with van der Waals surface area (Å²) in [6.07, 6.45) is 2.14. The van der Waals surface area contributed by atoms with Crippen LogP contribution in [-0.4, -0.2) is 88.4 Å². The summed E-state index contributed by atoms with van der Waals surface area (Å²) >= 11 is 2.11. The number of pyridine rings is 1. The molecule has 14 heteroatoms. The van der Waals surface area contributed by atoms with Gasteiger partial charge in [0.05, 0.1) is 42.5 Å². The van der Waals surface area contributed by atoms with Crippen molar-refractivity contribution in [3.8, 4) is 5.82 Å². The number of hydrogen-bond donors (Lipinski definition) is 0. The third kappa shape index (κ3) is 4.97. The van der Waals surface area contributed by atoms with Crippen LogP contribution in [0, 0.1) is 3.70 Å². The van der Waals surface area contributed by atoms with E-state index in [1.807, 2.05) is 18.3 Å². The first-order valence-electron chi connectivity index (χ1n) is 14.3. The fourth-order valence-electron chi connectivity index (χ4n) is 6.84. The van der Waals surface area contributed by atoms with Crippen LogP contribution in [0.3, 0.4) is 0 Å². The molecule has 7 heterocycles. The molecule has 4 aliphatic heterocycles. The molecule has 5 atom stereocenters. The molecule has 4 saturated heterocycles. The van der Waals surface area contributed by atoms with E-state index in [0.717, 1.165) is 32.1 Å². The molecular weight excluding hydrogens is 654 g/mol. The summed E-state index contributed by atoms with van der Waals surface area (Å²) in [5.41, 5.74) is 0.996. The predicted molar refractivity (Wildman–Crippen MR) is 154 cm³/mol. The minimum atomic E-state index is -4.43. The van der Waals surface area contributed by atoms with Crippen molar-refractivity contribution >= 4 is 45.1 Å². The second kappa shape index (κ2) is 10.8. The van der Waals surface area contributed by atoms with Crippen LogP contribution in [0.25, 0.3) is 16.9 Å². The van der Waals surface area contributed by atoms with E-state index in [2.05, 4.69) is 27.5 Å². The van der Waals surface area contributed by atoms with Crippen LogP contribution in [0.5, 0.6) is 0 Å². The number of hydrogen-bond acceptors (Lipinski definition) is 8. The van der Waals surface area contributed by atoms with Crippen molar-refractivity contribution in [1.29, 1.82) is 0 Å². The molecule has 0 N–H and O–H groups in total. The molecule has 0 aromatic carbocycles. The molecule has 4 fully saturated rings. The van der Waals surface area contributed by atoms with Gasteiger partial charge in [-0.15, -0.1) is 0 Å². The highest BCUT2D eigenvalue weighted by molar-refractivity contribution is 14.1. The van der Waals surface area contributed by atoms with Gasteiger partial charge in [-0.3, -0.25) is 0 Å². The Morgan fingerprint density at radius 3 is 2.56 bits per heavy atom. The SMILES string of the molecule is COC1CCN(c2cc(N3C4CCC3COC4)nc3c2c(I)nn3-c2ccn(C3CCCCO3)n2)C(C(F)(F)F)C1. The van der Waals surface area contributed by atoms with Crippen molar-refractivity contribution in [3.05, 3.63) is 22.0 Å². The van der Waals surface area contributed by atoms with E-state index in [1.165, 1.54) is 12.0 Å². The monoisotopic (exact) mass is 687 g/mol. The summed E-state index contributed by atoms with van der Waals surface area (Å²) in [4.78, 5) is 8.83. The van der Waals surface area contributed by atoms with Crippen LogP contribution in [0.15, 0.2) is 18.3 Å². The first-order chi connectivity index (χ1) is 19.8. The Morgan fingerprint density at radius 1 is 1.05 bits per heavy atom. The number of methoxy groups -OCH3 is 1. The van der Waals surface area contributed by atoms with Crippen LogP contribution >= 0.6 is 22.6 Å². The predicted octanol–water partition coefficient (Wildman–Crippen LogP) is 4.83. The Hall–Kier alpha value is -2.17. The van der Waals surface area contributed by atoms with Gasteiger partial charge < -0.3 is 24.0 Å². The van der Waals surface area contributed by atoms with E-state index in [1.54, 1.807) is 9.36 Å². The Kier molecular flexibility index (Phi) is 7.30. The molecule has 222 valence electrons. The molecule has 5 unspecified atom stereocenters. The molecule has 4 aliphatic rings. The Labute approximate surface area is 249 Å². The van der Waals surface area contributed by atoms with E-state index in [9.17, 15) is 13.2 Å². The van der Waals surface area contributed by atoms with Gasteiger partial charge in [-0.25, -0.2) is 9.67 Å². The van der Waals surface area contributed by atoms with Crippen LogP contribution in [0.1, 0.15) is 51.2 Å². The first kappa shape index (κ1) is 27.7. The number of halogens is 4. The lowest BCUT2D eigenvalue weighted by atomic mass is 9.97. The summed E-state index contributed by atoms with van der Waals surface area (Å²) in [5.74, 6) is 1.21. The van der Waals surface area contributed by atoms with E-state index in [4.69, 9.17) is 29.4 Å². The van der Waals surface area contributed by atoms with Gasteiger partial charge in [0.15, 0.2) is 11.5 Å². The van der Waals surface area contributed by atoms with Crippen molar-refractivity contribution < 1.29 is 27.4 Å². The Bertz CT molecular complexity index is 1390. The minimum Gasteiger partial charge on any atom is -0.381 e. The summed E-state index contributed by atoms with van der Waals surface area (Å²) in [5, 5.41) is 10.2. The van der Waals surface area contributed by atoms with Crippen molar-refractivity contribution in [3.63, 3.8) is 0 Å². The maximum Gasteiger partial charge on any atom is 0.408 e. The van der Waals surface area contributed by atoms with E-state index >= 15 is 0 Å². The number of nitrogens with zero attached hydrogens (tertiary/aromatic N) is 7. The zero-order chi connectivity index (χ0) is 28.3. The smallest absolute Gasteiger partial charge is 0.381 e. The molecule has 0 saturated carbocycles. The van der Waals surface area contributed by atoms with Crippen molar-refractivity contribution in [2.24, 2.45) is 0 Å². The molecule has 3 aromatic heterocycles. The lowest BCUT2D eigenvalue weighted by Crippen LogP contribution is -2.53. The molecule has 0 aliphatic carbocycles. The molecule has 0 spiro atoms. The lowest BCUT2D eigenvalue weighted by molar-refractivity contribution is -0.160. The maximum absolute atomic E-state index is 14.5. The van der Waals surface area contributed by atoms with E-state index in [-0.39, 0.29) is 31.3 Å². The summed E-state index contributed by atoms with van der Waals surface area (Å²) in [6, 6.07) is 2.30. The van der Waals surface area contributed by atoms with Crippen molar-refractivity contribution in [2.45, 2.75) is 81.6 Å². The van der Waals surface area contributed by atoms with E-state index < -0.39 is 18.3 Å². The third-order valence-corrected chi connectivity index (χ3v) is 9.66. The topological polar surface area (TPSA) is 82.7 Å². The second-order valence-electron chi connectivity index (χ2n) is 11.3. The number of anilines is 2. The number of fused-ring (bicyclic) bond motifs is 3. The molecule has 2 bridgehead atoms. The first-order valence-corrected chi connectivity index (χ1v) is 15.4. The molecular formula is C27H33F3IN7O3. The Balaban J connectivity index is 1.37. The Morgan fingerprint density at radius 2 is 1.85 bits per heavy atom. The summed E-state index contributed by atoms with van der Waals surface area (Å²) in [6.45, 7) is 2.07. The standard InChI is InChI=1S/C27H33F3IN7O3/c1-39-18-7-9-35(20(12-18)27(28,29)30)19-13-22(37-16-5-6-17(37)15-40-14-16)32-26-24(19)25(31)34-38(26)21-8-10-36(33-21)23-4-2-3-11-41-23/h8,10,13,16-18,20,23H,2-7,9,11-12,14-15H2,1H3. The summed E-state index contributed by atoms with van der Waals surface area (Å²) in [7, 11) is 1.48. The van der Waals surface area contributed by atoms with Gasteiger partial charge in [0.25, 0.3) is 0 Å². The van der Waals surface area contributed by atoms with Crippen LogP contribution < -0.4 is 9.80 Å². The number of morpholine rings is 1. The quantitative estimate of drug-likeness (QED) is 0.353. The maximum atomic E-state index is 14.5. The highest BCUT2D eigenvalue weighted by Crippen LogP contribution is 2.43. The average molecular weight is 688 g/mol. The van der Waals surface area contributed by atoms with Crippen molar-refractivity contribution in [2.75, 3.05) is 43.3 Å².